The minimum atomic E-state index is 0.287. The van der Waals surface area contributed by atoms with Crippen molar-refractivity contribution in [3.63, 3.8) is 0 Å². The second kappa shape index (κ2) is 3.12. The second-order valence-electron chi connectivity index (χ2n) is 4.01. The number of imidazole rings is 1. The molecule has 1 saturated carbocycles. The lowest BCUT2D eigenvalue weighted by Crippen LogP contribution is -1.82. The number of aromatic amines is 1. The smallest absolute Gasteiger partial charge is 0.116 e. The third kappa shape index (κ3) is 1.61. The zero-order valence-corrected chi connectivity index (χ0v) is 8.27. The Labute approximate surface area is 87.8 Å². The first-order chi connectivity index (χ1) is 7.33. The third-order valence-electron chi connectivity index (χ3n) is 2.72. The molecule has 1 aromatic carbocycles. The van der Waals surface area contributed by atoms with Gasteiger partial charge in [0.05, 0.1) is 11.9 Å². The number of aromatic hydroxyl groups is 1. The van der Waals surface area contributed by atoms with Crippen LogP contribution in [0.15, 0.2) is 30.5 Å². The van der Waals surface area contributed by atoms with E-state index in [1.54, 1.807) is 12.1 Å². The van der Waals surface area contributed by atoms with Crippen LogP contribution in [0, 0.1) is 0 Å². The van der Waals surface area contributed by atoms with Crippen LogP contribution in [0.2, 0.25) is 0 Å². The van der Waals surface area contributed by atoms with E-state index >= 15 is 0 Å². The zero-order valence-electron chi connectivity index (χ0n) is 8.27. The Hall–Kier alpha value is -1.77. The van der Waals surface area contributed by atoms with Crippen LogP contribution in [0.1, 0.15) is 24.6 Å². The normalized spacial score (nSPS) is 15.5. The molecule has 0 aliphatic heterocycles. The van der Waals surface area contributed by atoms with E-state index < -0.39 is 0 Å². The van der Waals surface area contributed by atoms with Crippen LogP contribution < -0.4 is 0 Å². The fourth-order valence-electron chi connectivity index (χ4n) is 1.72. The molecule has 1 aromatic heterocycles. The monoisotopic (exact) mass is 200 g/mol. The highest BCUT2D eigenvalue weighted by Crippen LogP contribution is 2.38. The Kier molecular flexibility index (Phi) is 1.78. The molecule has 3 rings (SSSR count). The summed E-state index contributed by atoms with van der Waals surface area (Å²) in [5.41, 5.74) is 1.96. The number of hydrogen-bond acceptors (Lipinski definition) is 2. The highest BCUT2D eigenvalue weighted by Gasteiger charge is 2.26. The van der Waals surface area contributed by atoms with Crippen LogP contribution in [0.3, 0.4) is 0 Å². The Balaban J connectivity index is 1.97. The number of aromatic nitrogens is 2. The first-order valence-electron chi connectivity index (χ1n) is 5.17. The van der Waals surface area contributed by atoms with Crippen molar-refractivity contribution in [2.24, 2.45) is 0 Å². The van der Waals surface area contributed by atoms with Gasteiger partial charge in [-0.15, -0.1) is 0 Å². The largest absolute Gasteiger partial charge is 0.508 e. The van der Waals surface area contributed by atoms with Crippen molar-refractivity contribution in [1.82, 2.24) is 9.97 Å². The van der Waals surface area contributed by atoms with Crippen LogP contribution in [0.4, 0.5) is 0 Å². The Morgan fingerprint density at radius 2 is 2.20 bits per heavy atom. The van der Waals surface area contributed by atoms with E-state index in [1.807, 2.05) is 18.3 Å². The molecule has 0 spiro atoms. The highest BCUT2D eigenvalue weighted by atomic mass is 16.3. The molecule has 0 saturated heterocycles. The summed E-state index contributed by atoms with van der Waals surface area (Å²) in [5, 5.41) is 9.37. The quantitative estimate of drug-likeness (QED) is 0.783. The molecular weight excluding hydrogens is 188 g/mol. The maximum atomic E-state index is 9.37. The molecule has 76 valence electrons. The average Bonchev–Trinajstić information content (AvgIpc) is 2.97. The molecule has 0 radical (unpaired) electrons. The summed E-state index contributed by atoms with van der Waals surface area (Å²) in [6, 6.07) is 7.21. The van der Waals surface area contributed by atoms with Gasteiger partial charge in [0.1, 0.15) is 11.6 Å². The van der Waals surface area contributed by atoms with Crippen LogP contribution in [0.5, 0.6) is 5.75 Å². The molecule has 1 aliphatic rings. The molecule has 0 amide bonds. The summed E-state index contributed by atoms with van der Waals surface area (Å²) in [6.07, 6.45) is 4.32. The Morgan fingerprint density at radius 3 is 2.93 bits per heavy atom. The van der Waals surface area contributed by atoms with Gasteiger partial charge in [0, 0.05) is 11.5 Å². The third-order valence-corrected chi connectivity index (χ3v) is 2.72. The Bertz CT molecular complexity index is 486. The van der Waals surface area contributed by atoms with Crippen molar-refractivity contribution >= 4 is 0 Å². The molecule has 2 aromatic rings. The summed E-state index contributed by atoms with van der Waals surface area (Å²) in [4.78, 5) is 7.64. The fourth-order valence-corrected chi connectivity index (χ4v) is 1.72. The number of nitrogens with zero attached hydrogens (tertiary/aromatic N) is 1. The molecule has 1 heterocycles. The van der Waals surface area contributed by atoms with Crippen molar-refractivity contribution in [1.29, 1.82) is 0 Å². The van der Waals surface area contributed by atoms with Gasteiger partial charge in [-0.25, -0.2) is 4.98 Å². The topological polar surface area (TPSA) is 48.9 Å². The number of benzene rings is 1. The molecule has 3 nitrogen and oxygen atoms in total. The summed E-state index contributed by atoms with van der Waals surface area (Å²) in [6.45, 7) is 0. The van der Waals surface area contributed by atoms with E-state index in [-0.39, 0.29) is 5.75 Å². The minimum Gasteiger partial charge on any atom is -0.508 e. The van der Waals surface area contributed by atoms with Gasteiger partial charge >= 0.3 is 0 Å². The number of nitrogens with one attached hydrogen (secondary N) is 1. The summed E-state index contributed by atoms with van der Waals surface area (Å²) >= 11 is 0. The molecule has 0 bridgehead atoms. The second-order valence-corrected chi connectivity index (χ2v) is 4.01. The zero-order chi connectivity index (χ0) is 10.3. The lowest BCUT2D eigenvalue weighted by Gasteiger charge is -1.97. The fraction of sp³-hybridized carbons (Fsp3) is 0.250. The highest BCUT2D eigenvalue weighted by molar-refractivity contribution is 5.60. The maximum absolute atomic E-state index is 9.37. The lowest BCUT2D eigenvalue weighted by molar-refractivity contribution is 0.475. The minimum absolute atomic E-state index is 0.287. The summed E-state index contributed by atoms with van der Waals surface area (Å²) in [5.74, 6) is 2.00. The Morgan fingerprint density at radius 1 is 1.33 bits per heavy atom. The van der Waals surface area contributed by atoms with Crippen molar-refractivity contribution in [2.75, 3.05) is 0 Å². The van der Waals surface area contributed by atoms with Crippen LogP contribution in [-0.2, 0) is 0 Å². The van der Waals surface area contributed by atoms with E-state index in [2.05, 4.69) is 9.97 Å². The first-order valence-corrected chi connectivity index (χ1v) is 5.17. The first kappa shape index (κ1) is 8.53. The van der Waals surface area contributed by atoms with Crippen LogP contribution in [0.25, 0.3) is 11.3 Å². The predicted octanol–water partition coefficient (Wildman–Crippen LogP) is 2.66. The van der Waals surface area contributed by atoms with Crippen LogP contribution >= 0.6 is 0 Å². The van der Waals surface area contributed by atoms with E-state index in [0.717, 1.165) is 17.1 Å². The maximum Gasteiger partial charge on any atom is 0.116 e. The van der Waals surface area contributed by atoms with Crippen molar-refractivity contribution < 1.29 is 5.11 Å². The summed E-state index contributed by atoms with van der Waals surface area (Å²) < 4.78 is 0. The standard InChI is InChI=1S/C12H12N2O/c15-10-3-1-2-9(6-10)11-7-13-12(14-11)8-4-5-8/h1-3,6-8,15H,4-5H2,(H,13,14). The number of rotatable bonds is 2. The van der Waals surface area contributed by atoms with Crippen molar-refractivity contribution in [3.8, 4) is 17.0 Å². The molecule has 1 fully saturated rings. The molecule has 15 heavy (non-hydrogen) atoms. The molecule has 2 N–H and O–H groups in total. The number of H-pyrrole nitrogens is 1. The van der Waals surface area contributed by atoms with E-state index in [1.165, 1.54) is 12.8 Å². The molecule has 3 heteroatoms. The van der Waals surface area contributed by atoms with E-state index in [4.69, 9.17) is 0 Å². The van der Waals surface area contributed by atoms with Gasteiger partial charge < -0.3 is 10.1 Å². The number of phenols is 1. The number of phenolic OH excluding ortho intramolecular Hbond substituents is 1. The van der Waals surface area contributed by atoms with Gasteiger partial charge in [-0.1, -0.05) is 12.1 Å². The number of hydrogen-bond donors (Lipinski definition) is 2. The van der Waals surface area contributed by atoms with Gasteiger partial charge in [0.15, 0.2) is 0 Å². The molecule has 0 atom stereocenters. The van der Waals surface area contributed by atoms with Gasteiger partial charge in [0.25, 0.3) is 0 Å². The van der Waals surface area contributed by atoms with Crippen molar-refractivity contribution in [2.45, 2.75) is 18.8 Å². The lowest BCUT2D eigenvalue weighted by atomic mass is 10.1. The van der Waals surface area contributed by atoms with Gasteiger partial charge in [-0.3, -0.25) is 0 Å². The van der Waals surface area contributed by atoms with E-state index in [0.29, 0.717) is 5.92 Å². The molecule has 1 aliphatic carbocycles. The average molecular weight is 200 g/mol. The van der Waals surface area contributed by atoms with Crippen molar-refractivity contribution in [3.05, 3.63) is 36.3 Å². The van der Waals surface area contributed by atoms with Gasteiger partial charge in [0.2, 0.25) is 0 Å². The van der Waals surface area contributed by atoms with E-state index in [9.17, 15) is 5.11 Å². The molecular formula is C12H12N2O. The van der Waals surface area contributed by atoms with Gasteiger partial charge in [-0.05, 0) is 25.0 Å². The SMILES string of the molecule is Oc1cccc(-c2cnc(C3CC3)[nH]2)c1. The molecule has 0 unspecified atom stereocenters. The van der Waals surface area contributed by atoms with Crippen LogP contribution in [-0.4, -0.2) is 15.1 Å². The van der Waals surface area contributed by atoms with Gasteiger partial charge in [-0.2, -0.15) is 0 Å². The summed E-state index contributed by atoms with van der Waals surface area (Å²) in [7, 11) is 0. The predicted molar refractivity (Wildman–Crippen MR) is 57.7 cm³/mol.